The zero-order valence-electron chi connectivity index (χ0n) is 13.5. The van der Waals surface area contributed by atoms with Gasteiger partial charge >= 0.3 is 5.97 Å². The number of nitrogens with one attached hydrogen (secondary N) is 1. The third-order valence-electron chi connectivity index (χ3n) is 3.71. The van der Waals surface area contributed by atoms with Gasteiger partial charge in [-0.15, -0.1) is 0 Å². The number of aryl methyl sites for hydroxylation is 1. The summed E-state index contributed by atoms with van der Waals surface area (Å²) in [6.45, 7) is 9.16. The molecule has 4 heteroatoms. The first-order valence-corrected chi connectivity index (χ1v) is 7.40. The molecule has 1 aliphatic heterocycles. The van der Waals surface area contributed by atoms with E-state index in [0.29, 0.717) is 6.54 Å². The number of hydrogen-bond acceptors (Lipinski definition) is 4. The average Bonchev–Trinajstić information content (AvgIpc) is 2.85. The highest BCUT2D eigenvalue weighted by Gasteiger charge is 2.38. The first-order valence-electron chi connectivity index (χ1n) is 7.40. The summed E-state index contributed by atoms with van der Waals surface area (Å²) in [5, 5.41) is 3.30. The van der Waals surface area contributed by atoms with E-state index in [0.717, 1.165) is 17.9 Å². The summed E-state index contributed by atoms with van der Waals surface area (Å²) in [7, 11) is 1.67. The maximum absolute atomic E-state index is 12.4. The number of benzene rings is 1. The fourth-order valence-electron chi connectivity index (χ4n) is 2.77. The van der Waals surface area contributed by atoms with Gasteiger partial charge in [0.05, 0.1) is 13.0 Å². The van der Waals surface area contributed by atoms with Gasteiger partial charge in [0.2, 0.25) is 0 Å². The molecule has 1 N–H and O–H groups in total. The summed E-state index contributed by atoms with van der Waals surface area (Å²) in [4.78, 5) is 12.4. The van der Waals surface area contributed by atoms with Gasteiger partial charge in [-0.05, 0) is 39.3 Å². The van der Waals surface area contributed by atoms with Crippen LogP contribution in [0.25, 0.3) is 0 Å². The lowest BCUT2D eigenvalue weighted by molar-refractivity contribution is -0.159. The van der Waals surface area contributed by atoms with E-state index in [-0.39, 0.29) is 17.8 Å². The lowest BCUT2D eigenvalue weighted by Crippen LogP contribution is -2.31. The van der Waals surface area contributed by atoms with Crippen LogP contribution in [0.3, 0.4) is 0 Å². The number of methoxy groups -OCH3 is 1. The Hall–Kier alpha value is -1.55. The molecule has 0 spiro atoms. The van der Waals surface area contributed by atoms with Gasteiger partial charge in [-0.1, -0.05) is 17.7 Å². The maximum atomic E-state index is 12.4. The minimum absolute atomic E-state index is 0.0923. The number of carbonyl (C=O) groups is 1. The largest absolute Gasteiger partial charge is 0.496 e. The molecule has 1 aromatic rings. The van der Waals surface area contributed by atoms with E-state index >= 15 is 0 Å². The van der Waals surface area contributed by atoms with E-state index in [1.54, 1.807) is 7.11 Å². The van der Waals surface area contributed by atoms with Gasteiger partial charge < -0.3 is 14.8 Å². The minimum Gasteiger partial charge on any atom is -0.496 e. The van der Waals surface area contributed by atoms with E-state index in [4.69, 9.17) is 9.47 Å². The lowest BCUT2D eigenvalue weighted by atomic mass is 9.87. The van der Waals surface area contributed by atoms with Crippen molar-refractivity contribution in [3.63, 3.8) is 0 Å². The molecule has 2 atom stereocenters. The molecule has 21 heavy (non-hydrogen) atoms. The van der Waals surface area contributed by atoms with Crippen molar-refractivity contribution in [2.45, 2.75) is 39.2 Å². The smallest absolute Gasteiger partial charge is 0.311 e. The highest BCUT2D eigenvalue weighted by molar-refractivity contribution is 5.75. The van der Waals surface area contributed by atoms with E-state index in [2.05, 4.69) is 11.4 Å². The molecule has 0 aromatic heterocycles. The maximum Gasteiger partial charge on any atom is 0.311 e. The van der Waals surface area contributed by atoms with Gasteiger partial charge in [-0.25, -0.2) is 0 Å². The lowest BCUT2D eigenvalue weighted by Gasteiger charge is -2.25. The van der Waals surface area contributed by atoms with E-state index in [1.807, 2.05) is 39.8 Å². The second kappa shape index (κ2) is 6.06. The molecule has 1 fully saturated rings. The molecule has 0 radical (unpaired) electrons. The van der Waals surface area contributed by atoms with Crippen LogP contribution in [0.4, 0.5) is 0 Å². The summed E-state index contributed by atoms with van der Waals surface area (Å²) in [6.07, 6.45) is 0. The highest BCUT2D eigenvalue weighted by atomic mass is 16.6. The van der Waals surface area contributed by atoms with Gasteiger partial charge in [0.25, 0.3) is 0 Å². The molecule has 0 aliphatic carbocycles. The van der Waals surface area contributed by atoms with E-state index in [1.165, 1.54) is 5.56 Å². The molecule has 2 unspecified atom stereocenters. The molecular weight excluding hydrogens is 266 g/mol. The molecule has 1 saturated heterocycles. The predicted molar refractivity (Wildman–Crippen MR) is 82.7 cm³/mol. The van der Waals surface area contributed by atoms with Crippen molar-refractivity contribution in [1.82, 2.24) is 5.32 Å². The fraction of sp³-hybridized carbons (Fsp3) is 0.588. The van der Waals surface area contributed by atoms with Crippen molar-refractivity contribution in [2.75, 3.05) is 20.2 Å². The zero-order valence-corrected chi connectivity index (χ0v) is 13.5. The van der Waals surface area contributed by atoms with Crippen molar-refractivity contribution in [3.05, 3.63) is 29.3 Å². The summed E-state index contributed by atoms with van der Waals surface area (Å²) in [5.41, 5.74) is 1.79. The third kappa shape index (κ3) is 3.76. The van der Waals surface area contributed by atoms with Crippen LogP contribution >= 0.6 is 0 Å². The van der Waals surface area contributed by atoms with Crippen LogP contribution in [0, 0.1) is 12.8 Å². The van der Waals surface area contributed by atoms with Crippen molar-refractivity contribution >= 4 is 5.97 Å². The summed E-state index contributed by atoms with van der Waals surface area (Å²) in [5.74, 6) is 0.624. The predicted octanol–water partition coefficient (Wildman–Crippen LogP) is 2.65. The quantitative estimate of drug-likeness (QED) is 0.870. The number of rotatable bonds is 3. The Labute approximate surface area is 126 Å². The van der Waals surface area contributed by atoms with Crippen LogP contribution in [0.1, 0.15) is 37.8 Å². The standard InChI is InChI=1S/C17H25NO3/c1-11-6-7-15(20-5)12(8-11)13-9-18-10-14(13)16(19)21-17(2,3)4/h6-8,13-14,18H,9-10H2,1-5H3. The second-order valence-electron chi connectivity index (χ2n) is 6.65. The van der Waals surface area contributed by atoms with Crippen LogP contribution in [-0.4, -0.2) is 31.8 Å². The molecule has 2 rings (SSSR count). The van der Waals surface area contributed by atoms with Crippen LogP contribution in [-0.2, 0) is 9.53 Å². The Morgan fingerprint density at radius 1 is 1.29 bits per heavy atom. The van der Waals surface area contributed by atoms with Crippen LogP contribution in [0.15, 0.2) is 18.2 Å². The summed E-state index contributed by atoms with van der Waals surface area (Å²) >= 11 is 0. The van der Waals surface area contributed by atoms with Crippen molar-refractivity contribution in [1.29, 1.82) is 0 Å². The number of ether oxygens (including phenoxy) is 2. The van der Waals surface area contributed by atoms with Gasteiger partial charge in [0, 0.05) is 19.0 Å². The molecule has 1 aromatic carbocycles. The van der Waals surface area contributed by atoms with Gasteiger partial charge in [0.15, 0.2) is 0 Å². The Bertz CT molecular complexity index is 519. The van der Waals surface area contributed by atoms with Gasteiger partial charge in [-0.2, -0.15) is 0 Å². The monoisotopic (exact) mass is 291 g/mol. The Balaban J connectivity index is 2.26. The van der Waals surface area contributed by atoms with Gasteiger partial charge in [0.1, 0.15) is 11.4 Å². The van der Waals surface area contributed by atoms with Crippen LogP contribution < -0.4 is 10.1 Å². The Morgan fingerprint density at radius 3 is 2.62 bits per heavy atom. The van der Waals surface area contributed by atoms with Crippen molar-refractivity contribution in [2.24, 2.45) is 5.92 Å². The third-order valence-corrected chi connectivity index (χ3v) is 3.71. The molecule has 0 bridgehead atoms. The topological polar surface area (TPSA) is 47.6 Å². The SMILES string of the molecule is COc1ccc(C)cc1C1CNCC1C(=O)OC(C)(C)C. The number of esters is 1. The molecule has 1 aliphatic rings. The summed E-state index contributed by atoms with van der Waals surface area (Å²) < 4.78 is 11.0. The summed E-state index contributed by atoms with van der Waals surface area (Å²) in [6, 6.07) is 6.09. The molecule has 0 saturated carbocycles. The molecule has 1 heterocycles. The Kier molecular flexibility index (Phi) is 4.57. The van der Waals surface area contributed by atoms with Crippen LogP contribution in [0.5, 0.6) is 5.75 Å². The second-order valence-corrected chi connectivity index (χ2v) is 6.65. The zero-order chi connectivity index (χ0) is 15.6. The van der Waals surface area contributed by atoms with Crippen molar-refractivity contribution in [3.8, 4) is 5.75 Å². The first-order chi connectivity index (χ1) is 9.81. The minimum atomic E-state index is -0.457. The van der Waals surface area contributed by atoms with Gasteiger partial charge in [-0.3, -0.25) is 4.79 Å². The van der Waals surface area contributed by atoms with E-state index in [9.17, 15) is 4.79 Å². The molecule has 4 nitrogen and oxygen atoms in total. The van der Waals surface area contributed by atoms with Crippen LogP contribution in [0.2, 0.25) is 0 Å². The highest BCUT2D eigenvalue weighted by Crippen LogP contribution is 2.36. The van der Waals surface area contributed by atoms with E-state index < -0.39 is 5.60 Å². The van der Waals surface area contributed by atoms with Crippen molar-refractivity contribution < 1.29 is 14.3 Å². The number of hydrogen-bond donors (Lipinski definition) is 1. The Morgan fingerprint density at radius 2 is 2.00 bits per heavy atom. The molecule has 116 valence electrons. The normalized spacial score (nSPS) is 22.1. The molecular formula is C17H25NO3. The molecule has 0 amide bonds. The fourth-order valence-corrected chi connectivity index (χ4v) is 2.77. The average molecular weight is 291 g/mol. The first kappa shape index (κ1) is 15.8. The number of carbonyl (C=O) groups excluding carboxylic acids is 1.